The van der Waals surface area contributed by atoms with Crippen molar-refractivity contribution in [3.63, 3.8) is 0 Å². The molecule has 0 spiro atoms. The number of nitrogen functional groups attached to an aromatic ring is 1. The molecule has 0 aliphatic rings. The molecule has 0 saturated carbocycles. The molecule has 1 rings (SSSR count). The van der Waals surface area contributed by atoms with Gasteiger partial charge in [0.25, 0.3) is 0 Å². The normalized spacial score (nSPS) is 11.9. The van der Waals surface area contributed by atoms with Gasteiger partial charge < -0.3 is 25.4 Å². The van der Waals surface area contributed by atoms with E-state index in [1.54, 1.807) is 12.1 Å². The highest BCUT2D eigenvalue weighted by molar-refractivity contribution is 5.96. The molecule has 1 unspecified atom stereocenters. The van der Waals surface area contributed by atoms with Gasteiger partial charge in [-0.25, -0.2) is 4.79 Å². The van der Waals surface area contributed by atoms with Gasteiger partial charge in [0.2, 0.25) is 0 Å². The summed E-state index contributed by atoms with van der Waals surface area (Å²) < 4.78 is 9.74. The van der Waals surface area contributed by atoms with Gasteiger partial charge in [0, 0.05) is 0 Å². The number of carbonyl (C=O) groups excluding carboxylic acids is 1. The quantitative estimate of drug-likeness (QED) is 0.487. The predicted octanol–water partition coefficient (Wildman–Crippen LogP) is -0.213. The van der Waals surface area contributed by atoms with Gasteiger partial charge in [-0.15, -0.1) is 0 Å². The lowest BCUT2D eigenvalue weighted by Crippen LogP contribution is -2.22. The first kappa shape index (κ1) is 13.3. The van der Waals surface area contributed by atoms with E-state index >= 15 is 0 Å². The molecule has 0 fully saturated rings. The summed E-state index contributed by atoms with van der Waals surface area (Å²) in [4.78, 5) is 11.6. The van der Waals surface area contributed by atoms with E-state index in [-0.39, 0.29) is 17.9 Å². The number of esters is 1. The van der Waals surface area contributed by atoms with Crippen LogP contribution in [0.2, 0.25) is 0 Å². The lowest BCUT2D eigenvalue weighted by molar-refractivity contribution is 0.00939. The summed E-state index contributed by atoms with van der Waals surface area (Å²) in [7, 11) is 1.44. The molecule has 94 valence electrons. The zero-order valence-corrected chi connectivity index (χ0v) is 9.42. The molecule has 0 aromatic heterocycles. The Morgan fingerprint density at radius 3 is 2.82 bits per heavy atom. The standard InChI is InChI=1S/C11H15NO5/c1-16-9-4-2-3-8(10(9)12)11(15)17-6-7(14)5-13/h2-4,7,13-14H,5-6,12H2,1H3. The number of ether oxygens (including phenoxy) is 2. The summed E-state index contributed by atoms with van der Waals surface area (Å²) in [5, 5.41) is 17.6. The predicted molar refractivity (Wildman–Crippen MR) is 60.8 cm³/mol. The maximum absolute atomic E-state index is 11.6. The van der Waals surface area contributed by atoms with Gasteiger partial charge >= 0.3 is 5.97 Å². The summed E-state index contributed by atoms with van der Waals surface area (Å²) in [6.07, 6.45) is -1.09. The van der Waals surface area contributed by atoms with Crippen molar-refractivity contribution in [2.24, 2.45) is 0 Å². The van der Waals surface area contributed by atoms with Gasteiger partial charge in [0.05, 0.1) is 25.0 Å². The van der Waals surface area contributed by atoms with Crippen LogP contribution in [0.1, 0.15) is 10.4 Å². The van der Waals surface area contributed by atoms with Crippen LogP contribution in [0, 0.1) is 0 Å². The number of rotatable bonds is 5. The highest BCUT2D eigenvalue weighted by Crippen LogP contribution is 2.25. The maximum Gasteiger partial charge on any atom is 0.340 e. The molecule has 0 bridgehead atoms. The number of carbonyl (C=O) groups is 1. The van der Waals surface area contributed by atoms with E-state index in [0.717, 1.165) is 0 Å². The van der Waals surface area contributed by atoms with E-state index in [2.05, 4.69) is 0 Å². The van der Waals surface area contributed by atoms with Gasteiger partial charge in [0.1, 0.15) is 18.5 Å². The van der Waals surface area contributed by atoms with Gasteiger partial charge in [-0.05, 0) is 12.1 Å². The number of benzene rings is 1. The van der Waals surface area contributed by atoms with Crippen LogP contribution in [-0.2, 0) is 4.74 Å². The first-order valence-electron chi connectivity index (χ1n) is 4.98. The monoisotopic (exact) mass is 241 g/mol. The SMILES string of the molecule is COc1cccc(C(=O)OCC(O)CO)c1N. The van der Waals surface area contributed by atoms with Crippen LogP contribution in [0.15, 0.2) is 18.2 Å². The van der Waals surface area contributed by atoms with Crippen LogP contribution in [0.25, 0.3) is 0 Å². The van der Waals surface area contributed by atoms with E-state index in [0.29, 0.717) is 5.75 Å². The van der Waals surface area contributed by atoms with Crippen molar-refractivity contribution in [3.05, 3.63) is 23.8 Å². The number of aliphatic hydroxyl groups is 2. The number of anilines is 1. The van der Waals surface area contributed by atoms with Crippen molar-refractivity contribution >= 4 is 11.7 Å². The van der Waals surface area contributed by atoms with Crippen LogP contribution in [0.3, 0.4) is 0 Å². The Kier molecular flexibility index (Phi) is 4.74. The minimum absolute atomic E-state index is 0.162. The zero-order valence-electron chi connectivity index (χ0n) is 9.42. The molecule has 0 radical (unpaired) electrons. The van der Waals surface area contributed by atoms with E-state index < -0.39 is 18.7 Å². The van der Waals surface area contributed by atoms with Gasteiger partial charge in [-0.3, -0.25) is 0 Å². The maximum atomic E-state index is 11.6. The van der Waals surface area contributed by atoms with Crippen LogP contribution in [0.4, 0.5) is 5.69 Å². The second kappa shape index (κ2) is 6.07. The molecule has 17 heavy (non-hydrogen) atoms. The summed E-state index contributed by atoms with van der Waals surface area (Å²) in [5.74, 6) is -0.295. The third-order valence-electron chi connectivity index (χ3n) is 2.12. The summed E-state index contributed by atoms with van der Waals surface area (Å²) >= 11 is 0. The number of methoxy groups -OCH3 is 1. The number of hydrogen-bond acceptors (Lipinski definition) is 6. The molecule has 1 aromatic carbocycles. The average molecular weight is 241 g/mol. The molecule has 6 nitrogen and oxygen atoms in total. The average Bonchev–Trinajstić information content (AvgIpc) is 2.35. The minimum Gasteiger partial charge on any atom is -0.495 e. The fourth-order valence-electron chi connectivity index (χ4n) is 1.20. The van der Waals surface area contributed by atoms with E-state index in [4.69, 9.17) is 25.4 Å². The van der Waals surface area contributed by atoms with Crippen LogP contribution >= 0.6 is 0 Å². The van der Waals surface area contributed by atoms with Crippen molar-refractivity contribution in [2.75, 3.05) is 26.1 Å². The summed E-state index contributed by atoms with van der Waals surface area (Å²) in [6, 6.07) is 4.72. The molecule has 1 atom stereocenters. The minimum atomic E-state index is -1.09. The fourth-order valence-corrected chi connectivity index (χ4v) is 1.20. The van der Waals surface area contributed by atoms with Crippen molar-refractivity contribution in [3.8, 4) is 5.75 Å². The topological polar surface area (TPSA) is 102 Å². The lowest BCUT2D eigenvalue weighted by Gasteiger charge is -2.11. The molecule has 1 aromatic rings. The molecule has 0 aliphatic heterocycles. The van der Waals surface area contributed by atoms with Gasteiger partial charge in [-0.2, -0.15) is 0 Å². The Morgan fingerprint density at radius 2 is 2.24 bits per heavy atom. The first-order chi connectivity index (χ1) is 8.10. The second-order valence-electron chi connectivity index (χ2n) is 3.36. The Labute approximate surface area is 98.6 Å². The van der Waals surface area contributed by atoms with E-state index in [1.165, 1.54) is 13.2 Å². The zero-order chi connectivity index (χ0) is 12.8. The van der Waals surface area contributed by atoms with Crippen molar-refractivity contribution in [1.82, 2.24) is 0 Å². The van der Waals surface area contributed by atoms with E-state index in [9.17, 15) is 4.79 Å². The second-order valence-corrected chi connectivity index (χ2v) is 3.36. The summed E-state index contributed by atoms with van der Waals surface area (Å²) in [6.45, 7) is -0.757. The highest BCUT2D eigenvalue weighted by Gasteiger charge is 2.15. The molecule has 4 N–H and O–H groups in total. The number of hydrogen-bond donors (Lipinski definition) is 3. The van der Waals surface area contributed by atoms with Gasteiger partial charge in [-0.1, -0.05) is 6.07 Å². The molecule has 0 saturated heterocycles. The number of para-hydroxylation sites is 1. The largest absolute Gasteiger partial charge is 0.495 e. The molecule has 6 heteroatoms. The molecular formula is C11H15NO5. The lowest BCUT2D eigenvalue weighted by atomic mass is 10.1. The van der Waals surface area contributed by atoms with Crippen molar-refractivity contribution in [1.29, 1.82) is 0 Å². The molecule has 0 amide bonds. The fraction of sp³-hybridized carbons (Fsp3) is 0.364. The molecule has 0 heterocycles. The Balaban J connectivity index is 2.75. The van der Waals surface area contributed by atoms with Crippen molar-refractivity contribution in [2.45, 2.75) is 6.10 Å². The number of nitrogens with two attached hydrogens (primary N) is 1. The smallest absolute Gasteiger partial charge is 0.340 e. The van der Waals surface area contributed by atoms with Crippen LogP contribution in [0.5, 0.6) is 5.75 Å². The Morgan fingerprint density at radius 1 is 1.53 bits per heavy atom. The third-order valence-corrected chi connectivity index (χ3v) is 2.12. The highest BCUT2D eigenvalue weighted by atomic mass is 16.5. The number of aliphatic hydroxyl groups excluding tert-OH is 2. The Bertz CT molecular complexity index is 393. The van der Waals surface area contributed by atoms with Crippen LogP contribution < -0.4 is 10.5 Å². The van der Waals surface area contributed by atoms with Gasteiger partial charge in [0.15, 0.2) is 0 Å². The Hall–Kier alpha value is -1.79. The van der Waals surface area contributed by atoms with Crippen LogP contribution in [-0.4, -0.2) is 42.6 Å². The molecular weight excluding hydrogens is 226 g/mol. The summed E-state index contributed by atoms with van der Waals surface area (Å²) in [5.41, 5.74) is 6.04. The molecule has 0 aliphatic carbocycles. The van der Waals surface area contributed by atoms with Crippen molar-refractivity contribution < 1.29 is 24.5 Å². The first-order valence-corrected chi connectivity index (χ1v) is 4.98. The third kappa shape index (κ3) is 3.33. The van der Waals surface area contributed by atoms with E-state index in [1.807, 2.05) is 0 Å².